The van der Waals surface area contributed by atoms with Crippen LogP contribution in [0.2, 0.25) is 0 Å². The highest BCUT2D eigenvalue weighted by Crippen LogP contribution is 2.37. The lowest BCUT2D eigenvalue weighted by Crippen LogP contribution is -2.37. The van der Waals surface area contributed by atoms with Gasteiger partial charge >= 0.3 is 5.69 Å². The Kier molecular flexibility index (Phi) is 4.93. The number of aromatic hydroxyl groups is 2. The maximum Gasteiger partial charge on any atom is 0.348 e. The van der Waals surface area contributed by atoms with E-state index in [4.69, 9.17) is 4.74 Å². The molecule has 29 heavy (non-hydrogen) atoms. The second-order valence-corrected chi connectivity index (χ2v) is 7.11. The molecule has 1 aliphatic rings. The Morgan fingerprint density at radius 3 is 2.45 bits per heavy atom. The number of nitrogens with zero attached hydrogens (tertiary/aromatic N) is 5. The molecule has 1 saturated heterocycles. The van der Waals surface area contributed by atoms with Crippen LogP contribution < -0.4 is 10.6 Å². The van der Waals surface area contributed by atoms with Crippen molar-refractivity contribution in [2.75, 3.05) is 31.2 Å². The van der Waals surface area contributed by atoms with Gasteiger partial charge in [-0.1, -0.05) is 13.8 Å². The Hall–Kier alpha value is -3.40. The van der Waals surface area contributed by atoms with Crippen LogP contribution >= 0.6 is 0 Å². The highest BCUT2D eigenvalue weighted by Gasteiger charge is 2.20. The van der Waals surface area contributed by atoms with Crippen LogP contribution in [0.25, 0.3) is 17.1 Å². The van der Waals surface area contributed by atoms with E-state index in [1.807, 2.05) is 18.7 Å². The molecule has 0 saturated carbocycles. The molecule has 0 amide bonds. The van der Waals surface area contributed by atoms with Gasteiger partial charge in [-0.15, -0.1) is 0 Å². The average molecular weight is 398 g/mol. The first-order valence-corrected chi connectivity index (χ1v) is 9.34. The van der Waals surface area contributed by atoms with Gasteiger partial charge in [0.05, 0.1) is 36.9 Å². The lowest BCUT2D eigenvalue weighted by molar-refractivity contribution is 0.122. The van der Waals surface area contributed by atoms with Crippen molar-refractivity contribution in [3.05, 3.63) is 40.6 Å². The molecular weight excluding hydrogens is 376 g/mol. The molecule has 3 N–H and O–H groups in total. The topological polar surface area (TPSA) is 129 Å². The number of nitrogens with one attached hydrogen (secondary N) is 1. The van der Waals surface area contributed by atoms with Crippen molar-refractivity contribution in [1.82, 2.24) is 24.7 Å². The molecule has 0 aliphatic carbocycles. The molecule has 1 aromatic carbocycles. The van der Waals surface area contributed by atoms with Crippen LogP contribution in [0.5, 0.6) is 11.5 Å². The number of aromatic amines is 1. The summed E-state index contributed by atoms with van der Waals surface area (Å²) in [7, 11) is 0. The van der Waals surface area contributed by atoms with Crippen LogP contribution in [-0.2, 0) is 4.74 Å². The van der Waals surface area contributed by atoms with Gasteiger partial charge < -0.3 is 19.8 Å². The van der Waals surface area contributed by atoms with Gasteiger partial charge in [0.25, 0.3) is 0 Å². The number of rotatable bonds is 4. The third-order valence-electron chi connectivity index (χ3n) is 4.86. The second-order valence-electron chi connectivity index (χ2n) is 7.11. The Balaban J connectivity index is 1.75. The zero-order chi connectivity index (χ0) is 20.5. The summed E-state index contributed by atoms with van der Waals surface area (Å²) in [5, 5.41) is 26.9. The number of morpholine rings is 1. The first kappa shape index (κ1) is 18.9. The third-order valence-corrected chi connectivity index (χ3v) is 4.86. The van der Waals surface area contributed by atoms with Crippen molar-refractivity contribution in [3.63, 3.8) is 0 Å². The number of ether oxygens (including phenoxy) is 1. The second kappa shape index (κ2) is 7.55. The minimum absolute atomic E-state index is 0.0103. The Labute approximate surface area is 166 Å². The molecule has 10 heteroatoms. The SMILES string of the molecule is CC(C)c1cc(-c2n[nH]c(=O)n2-c2cnc(N3CCOCC3)nc2)c(O)cc1O. The number of hydrogen-bond donors (Lipinski definition) is 3. The van der Waals surface area contributed by atoms with Gasteiger partial charge in [0.1, 0.15) is 11.5 Å². The number of hydrogen-bond acceptors (Lipinski definition) is 8. The van der Waals surface area contributed by atoms with Gasteiger partial charge in [-0.25, -0.2) is 24.4 Å². The minimum atomic E-state index is -0.485. The fraction of sp³-hybridized carbons (Fsp3) is 0.368. The fourth-order valence-corrected chi connectivity index (χ4v) is 3.31. The largest absolute Gasteiger partial charge is 0.508 e. The fourth-order valence-electron chi connectivity index (χ4n) is 3.31. The summed E-state index contributed by atoms with van der Waals surface area (Å²) in [5.41, 5.74) is 0.886. The molecule has 0 radical (unpaired) electrons. The van der Waals surface area contributed by atoms with Gasteiger partial charge in [0, 0.05) is 19.2 Å². The molecule has 3 heterocycles. The predicted molar refractivity (Wildman–Crippen MR) is 106 cm³/mol. The van der Waals surface area contributed by atoms with Crippen molar-refractivity contribution < 1.29 is 14.9 Å². The van der Waals surface area contributed by atoms with E-state index in [1.54, 1.807) is 18.5 Å². The summed E-state index contributed by atoms with van der Waals surface area (Å²) in [4.78, 5) is 23.2. The molecule has 10 nitrogen and oxygen atoms in total. The van der Waals surface area contributed by atoms with E-state index < -0.39 is 5.69 Å². The number of phenols is 2. The number of benzene rings is 1. The monoisotopic (exact) mass is 398 g/mol. The number of phenolic OH excluding ortho intramolecular Hbond substituents is 2. The Bertz CT molecular complexity index is 1070. The molecule has 2 aromatic heterocycles. The first-order chi connectivity index (χ1) is 14.0. The lowest BCUT2D eigenvalue weighted by atomic mass is 9.98. The van der Waals surface area contributed by atoms with Crippen LogP contribution in [0.15, 0.2) is 29.3 Å². The quantitative estimate of drug-likeness (QED) is 0.601. The average Bonchev–Trinajstić information content (AvgIpc) is 3.10. The van der Waals surface area contributed by atoms with Crippen LogP contribution in [0, 0.1) is 0 Å². The van der Waals surface area contributed by atoms with Crippen molar-refractivity contribution in [3.8, 4) is 28.6 Å². The van der Waals surface area contributed by atoms with Gasteiger partial charge in [0.2, 0.25) is 5.95 Å². The van der Waals surface area contributed by atoms with Gasteiger partial charge in [0.15, 0.2) is 5.82 Å². The standard InChI is InChI=1S/C19H22N6O4/c1-11(2)13-7-14(16(27)8-15(13)26)17-22-23-19(28)25(17)12-9-20-18(21-10-12)24-3-5-29-6-4-24/h7-11,26-27H,3-6H2,1-2H3,(H,23,28). The predicted octanol–water partition coefficient (Wildman–Crippen LogP) is 1.39. The summed E-state index contributed by atoms with van der Waals surface area (Å²) >= 11 is 0. The zero-order valence-electron chi connectivity index (χ0n) is 16.2. The third kappa shape index (κ3) is 3.54. The summed E-state index contributed by atoms with van der Waals surface area (Å²) in [5.74, 6) is 0.591. The number of aromatic nitrogens is 5. The van der Waals surface area contributed by atoms with Gasteiger partial charge in [-0.3, -0.25) is 0 Å². The molecule has 152 valence electrons. The van der Waals surface area contributed by atoms with E-state index in [0.717, 1.165) is 0 Å². The normalized spacial score (nSPS) is 14.5. The molecule has 3 aromatic rings. The number of anilines is 1. The molecule has 1 aliphatic heterocycles. The van der Waals surface area contributed by atoms with E-state index in [1.165, 1.54) is 10.6 Å². The maximum atomic E-state index is 12.4. The van der Waals surface area contributed by atoms with Gasteiger partial charge in [-0.2, -0.15) is 5.10 Å². The van der Waals surface area contributed by atoms with Crippen LogP contribution in [0.1, 0.15) is 25.3 Å². The van der Waals surface area contributed by atoms with Gasteiger partial charge in [-0.05, 0) is 17.5 Å². The minimum Gasteiger partial charge on any atom is -0.508 e. The van der Waals surface area contributed by atoms with Crippen LogP contribution in [0.4, 0.5) is 5.95 Å². The maximum absolute atomic E-state index is 12.4. The Morgan fingerprint density at radius 1 is 1.10 bits per heavy atom. The summed E-state index contributed by atoms with van der Waals surface area (Å²) < 4.78 is 6.62. The summed E-state index contributed by atoms with van der Waals surface area (Å²) in [6, 6.07) is 2.89. The van der Waals surface area contributed by atoms with Crippen molar-refractivity contribution in [2.24, 2.45) is 0 Å². The molecule has 0 unspecified atom stereocenters. The smallest absolute Gasteiger partial charge is 0.348 e. The molecule has 4 rings (SSSR count). The molecule has 0 spiro atoms. The highest BCUT2D eigenvalue weighted by atomic mass is 16.5. The van der Waals surface area contributed by atoms with E-state index in [-0.39, 0.29) is 23.2 Å². The van der Waals surface area contributed by atoms with Crippen LogP contribution in [-0.4, -0.2) is 61.2 Å². The van der Waals surface area contributed by atoms with Crippen LogP contribution in [0.3, 0.4) is 0 Å². The molecular formula is C19H22N6O4. The van der Waals surface area contributed by atoms with Crippen molar-refractivity contribution in [2.45, 2.75) is 19.8 Å². The van der Waals surface area contributed by atoms with Crippen molar-refractivity contribution in [1.29, 1.82) is 0 Å². The molecule has 1 fully saturated rings. The zero-order valence-corrected chi connectivity index (χ0v) is 16.2. The summed E-state index contributed by atoms with van der Waals surface area (Å²) in [6.07, 6.45) is 3.08. The highest BCUT2D eigenvalue weighted by molar-refractivity contribution is 5.69. The van der Waals surface area contributed by atoms with E-state index in [0.29, 0.717) is 49.1 Å². The molecule has 0 atom stereocenters. The van der Waals surface area contributed by atoms with E-state index in [9.17, 15) is 15.0 Å². The lowest BCUT2D eigenvalue weighted by Gasteiger charge is -2.26. The molecule has 0 bridgehead atoms. The summed E-state index contributed by atoms with van der Waals surface area (Å²) in [6.45, 7) is 6.49. The van der Waals surface area contributed by atoms with Crippen molar-refractivity contribution >= 4 is 5.95 Å². The first-order valence-electron chi connectivity index (χ1n) is 9.34. The number of H-pyrrole nitrogens is 1. The van der Waals surface area contributed by atoms with E-state index >= 15 is 0 Å². The van der Waals surface area contributed by atoms with E-state index in [2.05, 4.69) is 20.2 Å². The Morgan fingerprint density at radius 2 is 1.79 bits per heavy atom.